The third-order valence-corrected chi connectivity index (χ3v) is 6.54. The fraction of sp³-hybridized carbons (Fsp3) is 0.0455. The Morgan fingerprint density at radius 2 is 1.78 bits per heavy atom. The van der Waals surface area contributed by atoms with Gasteiger partial charge in [-0.2, -0.15) is 8.42 Å². The van der Waals surface area contributed by atoms with Gasteiger partial charge < -0.3 is 20.7 Å². The highest BCUT2D eigenvalue weighted by Crippen LogP contribution is 2.32. The van der Waals surface area contributed by atoms with Crippen LogP contribution in [0.5, 0.6) is 5.75 Å². The molecule has 0 amide bonds. The van der Waals surface area contributed by atoms with Gasteiger partial charge in [-0.05, 0) is 35.9 Å². The molecule has 0 aliphatic carbocycles. The maximum absolute atomic E-state index is 13.5. The van der Waals surface area contributed by atoms with Crippen LogP contribution in [-0.2, 0) is 16.6 Å². The van der Waals surface area contributed by atoms with Crippen molar-refractivity contribution in [2.75, 3.05) is 11.1 Å². The summed E-state index contributed by atoms with van der Waals surface area (Å²) in [5, 5.41) is 14.2. The second-order valence-electron chi connectivity index (χ2n) is 7.26. The van der Waals surface area contributed by atoms with Crippen LogP contribution >= 0.6 is 0 Å². The number of para-hydroxylation sites is 2. The molecule has 160 valence electrons. The summed E-state index contributed by atoms with van der Waals surface area (Å²) in [7, 11) is -4.06. The minimum Gasteiger partial charge on any atom is -0.506 e. The van der Waals surface area contributed by atoms with Gasteiger partial charge in [0.2, 0.25) is 0 Å². The molecule has 32 heavy (non-hydrogen) atoms. The van der Waals surface area contributed by atoms with Crippen LogP contribution in [0.1, 0.15) is 11.1 Å². The van der Waals surface area contributed by atoms with Crippen LogP contribution in [0.2, 0.25) is 0 Å². The highest BCUT2D eigenvalue weighted by Gasteiger charge is 2.29. The van der Waals surface area contributed by atoms with Crippen LogP contribution in [0.25, 0.3) is 10.9 Å². The number of nitrogens with zero attached hydrogens (tertiary/aromatic N) is 3. The Labute approximate surface area is 182 Å². The first kappa shape index (κ1) is 19.8. The standard InChI is InChI=1S/C22H17N5O4S/c23-18-10-9-13(11-24-18)12-27-16-7-3-1-5-14(16)20(28)19(22(27)29)21-25-15-6-2-4-8-17(15)32(30,31)26-21/h1-11,28H,12H2,(H2,23,24)(H,25,26). The molecule has 0 bridgehead atoms. The quantitative estimate of drug-likeness (QED) is 0.438. The highest BCUT2D eigenvalue weighted by atomic mass is 32.2. The number of nitrogens with two attached hydrogens (primary N) is 1. The van der Waals surface area contributed by atoms with Crippen LogP contribution in [0.15, 0.2) is 80.9 Å². The fourth-order valence-electron chi connectivity index (χ4n) is 3.69. The summed E-state index contributed by atoms with van der Waals surface area (Å²) >= 11 is 0. The smallest absolute Gasteiger partial charge is 0.286 e. The first-order valence-corrected chi connectivity index (χ1v) is 11.1. The first-order chi connectivity index (χ1) is 15.3. The van der Waals surface area contributed by atoms with E-state index >= 15 is 0 Å². The number of fused-ring (bicyclic) bond motifs is 2. The number of rotatable bonds is 3. The number of benzene rings is 2. The molecule has 2 aromatic carbocycles. The van der Waals surface area contributed by atoms with Crippen molar-refractivity contribution < 1.29 is 13.5 Å². The third-order valence-electron chi connectivity index (χ3n) is 5.20. The van der Waals surface area contributed by atoms with E-state index in [4.69, 9.17) is 5.73 Å². The van der Waals surface area contributed by atoms with Crippen molar-refractivity contribution in [2.45, 2.75) is 11.4 Å². The maximum Gasteiger partial charge on any atom is 0.286 e. The lowest BCUT2D eigenvalue weighted by Crippen LogP contribution is -2.33. The van der Waals surface area contributed by atoms with E-state index in [9.17, 15) is 18.3 Å². The Morgan fingerprint density at radius 3 is 2.56 bits per heavy atom. The second kappa shape index (κ2) is 7.20. The van der Waals surface area contributed by atoms with E-state index in [-0.39, 0.29) is 34.3 Å². The predicted molar refractivity (Wildman–Crippen MR) is 121 cm³/mol. The van der Waals surface area contributed by atoms with Crippen molar-refractivity contribution in [3.05, 3.63) is 88.3 Å². The number of sulfonamides is 1. The number of nitrogen functional groups attached to an aromatic ring is 1. The maximum atomic E-state index is 13.5. The molecule has 1 aliphatic heterocycles. The monoisotopic (exact) mass is 447 g/mol. The van der Waals surface area contributed by atoms with Gasteiger partial charge in [0, 0.05) is 11.6 Å². The van der Waals surface area contributed by atoms with E-state index in [0.29, 0.717) is 22.3 Å². The molecule has 3 heterocycles. The topological polar surface area (TPSA) is 140 Å². The van der Waals surface area contributed by atoms with Crippen LogP contribution in [0, 0.1) is 0 Å². The summed E-state index contributed by atoms with van der Waals surface area (Å²) in [5.74, 6) is -0.235. The number of hydrogen-bond acceptors (Lipinski definition) is 7. The Balaban J connectivity index is 1.75. The molecule has 0 atom stereocenters. The summed E-state index contributed by atoms with van der Waals surface area (Å²) in [6.45, 7) is 0.135. The van der Waals surface area contributed by atoms with Crippen LogP contribution in [-0.4, -0.2) is 28.9 Å². The Hall–Kier alpha value is -4.18. The molecule has 1 aliphatic rings. The third kappa shape index (κ3) is 3.17. The zero-order valence-electron chi connectivity index (χ0n) is 16.6. The molecule has 10 heteroatoms. The van der Waals surface area contributed by atoms with Crippen LogP contribution < -0.4 is 16.6 Å². The van der Waals surface area contributed by atoms with Gasteiger partial charge in [0.1, 0.15) is 22.0 Å². The number of nitrogens with one attached hydrogen (secondary N) is 1. The van der Waals surface area contributed by atoms with E-state index in [2.05, 4.69) is 14.7 Å². The molecule has 0 fully saturated rings. The van der Waals surface area contributed by atoms with Crippen LogP contribution in [0.3, 0.4) is 0 Å². The average molecular weight is 447 g/mol. The summed E-state index contributed by atoms with van der Waals surface area (Å²) in [6.07, 6.45) is 1.56. The van der Waals surface area contributed by atoms with Gasteiger partial charge in [0.25, 0.3) is 15.6 Å². The van der Waals surface area contributed by atoms with Gasteiger partial charge in [0.05, 0.1) is 17.7 Å². The minimum atomic E-state index is -4.06. The normalized spacial score (nSPS) is 14.4. The molecule has 4 aromatic rings. The van der Waals surface area contributed by atoms with Gasteiger partial charge in [-0.3, -0.25) is 4.79 Å². The van der Waals surface area contributed by atoms with Gasteiger partial charge in [-0.15, -0.1) is 4.40 Å². The van der Waals surface area contributed by atoms with Gasteiger partial charge in [0.15, 0.2) is 5.84 Å². The van der Waals surface area contributed by atoms with E-state index < -0.39 is 15.6 Å². The molecule has 9 nitrogen and oxygen atoms in total. The molecule has 0 radical (unpaired) electrons. The first-order valence-electron chi connectivity index (χ1n) is 9.61. The van der Waals surface area contributed by atoms with Crippen LogP contribution in [0.4, 0.5) is 11.5 Å². The zero-order valence-corrected chi connectivity index (χ0v) is 17.4. The van der Waals surface area contributed by atoms with E-state index in [0.717, 1.165) is 0 Å². The Morgan fingerprint density at radius 1 is 1.03 bits per heavy atom. The average Bonchev–Trinajstić information content (AvgIpc) is 2.78. The summed E-state index contributed by atoms with van der Waals surface area (Å²) < 4.78 is 30.7. The minimum absolute atomic E-state index is 0.00250. The summed E-state index contributed by atoms with van der Waals surface area (Å²) in [5.41, 5.74) is 6.29. The number of hydrogen-bond donors (Lipinski definition) is 3. The highest BCUT2D eigenvalue weighted by molar-refractivity contribution is 7.90. The second-order valence-corrected chi connectivity index (χ2v) is 8.83. The van der Waals surface area contributed by atoms with Crippen molar-refractivity contribution in [3.8, 4) is 5.75 Å². The largest absolute Gasteiger partial charge is 0.506 e. The molecule has 0 saturated heterocycles. The Kier molecular flexibility index (Phi) is 4.45. The van der Waals surface area contributed by atoms with Gasteiger partial charge in [-0.25, -0.2) is 4.98 Å². The van der Waals surface area contributed by atoms with E-state index in [1.54, 1.807) is 60.8 Å². The number of anilines is 2. The lowest BCUT2D eigenvalue weighted by molar-refractivity contribution is 0.478. The van der Waals surface area contributed by atoms with E-state index in [1.807, 2.05) is 0 Å². The molecule has 0 spiro atoms. The molecule has 0 saturated carbocycles. The Bertz CT molecular complexity index is 1570. The van der Waals surface area contributed by atoms with Crippen molar-refractivity contribution in [1.82, 2.24) is 9.55 Å². The molecule has 5 rings (SSSR count). The van der Waals surface area contributed by atoms with E-state index in [1.165, 1.54) is 10.6 Å². The zero-order chi connectivity index (χ0) is 22.5. The van der Waals surface area contributed by atoms with Crippen molar-refractivity contribution in [2.24, 2.45) is 4.40 Å². The molecule has 4 N–H and O–H groups in total. The SMILES string of the molecule is Nc1ccc(Cn2c(=O)c(C3=NS(=O)(=O)c4ccccc4N3)c(O)c3ccccc32)cn1. The van der Waals surface area contributed by atoms with Gasteiger partial charge >= 0.3 is 0 Å². The molecule has 2 aromatic heterocycles. The fourth-order valence-corrected chi connectivity index (χ4v) is 4.82. The molecular weight excluding hydrogens is 430 g/mol. The van der Waals surface area contributed by atoms with Crippen molar-refractivity contribution in [3.63, 3.8) is 0 Å². The molecular formula is C22H17N5O4S. The lowest BCUT2D eigenvalue weighted by Gasteiger charge is -2.20. The predicted octanol–water partition coefficient (Wildman–Crippen LogP) is 2.29. The van der Waals surface area contributed by atoms with Crippen molar-refractivity contribution in [1.29, 1.82) is 0 Å². The van der Waals surface area contributed by atoms with Gasteiger partial charge in [-0.1, -0.05) is 30.3 Å². The summed E-state index contributed by atoms with van der Waals surface area (Å²) in [4.78, 5) is 17.6. The lowest BCUT2D eigenvalue weighted by atomic mass is 10.1. The number of amidine groups is 1. The number of aromatic nitrogens is 2. The number of pyridine rings is 2. The van der Waals surface area contributed by atoms with Crippen molar-refractivity contribution >= 4 is 38.3 Å². The summed E-state index contributed by atoms with van der Waals surface area (Å²) in [6, 6.07) is 16.4. The number of aromatic hydroxyl groups is 1. The molecule has 0 unspecified atom stereocenters.